The van der Waals surface area contributed by atoms with Crippen LogP contribution in [0.25, 0.3) is 6.08 Å². The molecule has 1 saturated heterocycles. The van der Waals surface area contributed by atoms with E-state index in [9.17, 15) is 14.4 Å². The Morgan fingerprint density at radius 2 is 1.83 bits per heavy atom. The van der Waals surface area contributed by atoms with Gasteiger partial charge in [0.05, 0.1) is 5.69 Å². The Hall–Kier alpha value is -4.07. The molecule has 29 heavy (non-hydrogen) atoms. The number of imide groups is 2. The predicted molar refractivity (Wildman–Crippen MR) is 104 cm³/mol. The molecule has 2 aromatic rings. The molecule has 2 aromatic carbocycles. The van der Waals surface area contributed by atoms with Gasteiger partial charge in [0, 0.05) is 6.07 Å². The number of carbonyl (C=O) groups is 3. The number of hydrogen-bond acceptors (Lipinski definition) is 6. The highest BCUT2D eigenvalue weighted by Gasteiger charge is 2.37. The van der Waals surface area contributed by atoms with E-state index in [-0.39, 0.29) is 18.1 Å². The molecule has 0 aromatic heterocycles. The summed E-state index contributed by atoms with van der Waals surface area (Å²) < 4.78 is 15.9. The fourth-order valence-corrected chi connectivity index (χ4v) is 2.90. The number of nitrogens with one attached hydrogen (secondary N) is 1. The second kappa shape index (κ2) is 7.51. The van der Waals surface area contributed by atoms with Gasteiger partial charge >= 0.3 is 6.03 Å². The Morgan fingerprint density at radius 1 is 1.07 bits per heavy atom. The Bertz CT molecular complexity index is 1040. The highest BCUT2D eigenvalue weighted by molar-refractivity contribution is 6.39. The van der Waals surface area contributed by atoms with Crippen LogP contribution in [0.1, 0.15) is 5.56 Å². The summed E-state index contributed by atoms with van der Waals surface area (Å²) in [5.74, 6) is 0.0714. The molecule has 1 fully saturated rings. The van der Waals surface area contributed by atoms with E-state index in [1.807, 2.05) is 0 Å². The molecule has 0 aliphatic carbocycles. The van der Waals surface area contributed by atoms with Crippen LogP contribution >= 0.6 is 0 Å². The molecule has 0 unspecified atom stereocenters. The van der Waals surface area contributed by atoms with Crippen molar-refractivity contribution in [1.82, 2.24) is 5.32 Å². The molecule has 8 nitrogen and oxygen atoms in total. The number of barbiturate groups is 1. The lowest BCUT2D eigenvalue weighted by atomic mass is 10.1. The summed E-state index contributed by atoms with van der Waals surface area (Å²) >= 11 is 0. The third-order valence-electron chi connectivity index (χ3n) is 4.27. The van der Waals surface area contributed by atoms with Crippen LogP contribution in [0.2, 0.25) is 0 Å². The number of anilines is 1. The maximum atomic E-state index is 12.9. The second-order valence-corrected chi connectivity index (χ2v) is 6.16. The average molecular weight is 392 g/mol. The fraction of sp³-hybridized carbons (Fsp3) is 0.0952. The molecule has 0 saturated carbocycles. The van der Waals surface area contributed by atoms with Gasteiger partial charge in [-0.15, -0.1) is 0 Å². The molecule has 2 heterocycles. The largest absolute Gasteiger partial charge is 0.490 e. The van der Waals surface area contributed by atoms with Crippen molar-refractivity contribution in [3.8, 4) is 17.2 Å². The van der Waals surface area contributed by atoms with Gasteiger partial charge in [-0.05, 0) is 35.9 Å². The van der Waals surface area contributed by atoms with Crippen molar-refractivity contribution >= 4 is 29.6 Å². The topological polar surface area (TPSA) is 94.2 Å². The van der Waals surface area contributed by atoms with E-state index in [1.165, 1.54) is 12.1 Å². The van der Waals surface area contributed by atoms with Gasteiger partial charge in [-0.25, -0.2) is 9.69 Å². The smallest absolute Gasteiger partial charge is 0.335 e. The molecule has 0 radical (unpaired) electrons. The minimum absolute atomic E-state index is 0.0646. The van der Waals surface area contributed by atoms with Gasteiger partial charge in [-0.2, -0.15) is 0 Å². The van der Waals surface area contributed by atoms with E-state index < -0.39 is 17.8 Å². The Kier molecular flexibility index (Phi) is 4.74. The first kappa shape index (κ1) is 18.3. The molecule has 1 N–H and O–H groups in total. The number of ether oxygens (including phenoxy) is 3. The van der Waals surface area contributed by atoms with E-state index in [4.69, 9.17) is 14.2 Å². The summed E-state index contributed by atoms with van der Waals surface area (Å²) in [5, 5.41) is 2.19. The van der Waals surface area contributed by atoms with Crippen LogP contribution in [0.3, 0.4) is 0 Å². The maximum Gasteiger partial charge on any atom is 0.335 e. The van der Waals surface area contributed by atoms with E-state index >= 15 is 0 Å². The van der Waals surface area contributed by atoms with Crippen LogP contribution < -0.4 is 24.4 Å². The van der Waals surface area contributed by atoms with Crippen molar-refractivity contribution in [2.45, 2.75) is 0 Å². The van der Waals surface area contributed by atoms with Gasteiger partial charge < -0.3 is 14.2 Å². The summed E-state index contributed by atoms with van der Waals surface area (Å²) in [6, 6.07) is 10.7. The molecule has 146 valence electrons. The molecule has 0 bridgehead atoms. The van der Waals surface area contributed by atoms with Crippen LogP contribution in [-0.4, -0.2) is 31.2 Å². The van der Waals surface area contributed by atoms with Crippen molar-refractivity contribution < 1.29 is 28.6 Å². The lowest BCUT2D eigenvalue weighted by Crippen LogP contribution is -2.54. The monoisotopic (exact) mass is 392 g/mol. The Balaban J connectivity index is 1.63. The van der Waals surface area contributed by atoms with E-state index in [0.717, 1.165) is 4.90 Å². The molecule has 4 rings (SSSR count). The first-order valence-electron chi connectivity index (χ1n) is 8.71. The summed E-state index contributed by atoms with van der Waals surface area (Å²) in [7, 11) is 0. The van der Waals surface area contributed by atoms with Gasteiger partial charge in [0.15, 0.2) is 11.5 Å². The maximum absolute atomic E-state index is 12.9. The van der Waals surface area contributed by atoms with E-state index in [0.29, 0.717) is 29.4 Å². The molecule has 0 atom stereocenters. The number of hydrogen-bond donors (Lipinski definition) is 1. The molecule has 2 aliphatic heterocycles. The minimum atomic E-state index is -0.829. The van der Waals surface area contributed by atoms with Crippen LogP contribution in [0.15, 0.2) is 60.7 Å². The summed E-state index contributed by atoms with van der Waals surface area (Å²) in [4.78, 5) is 38.4. The molecular formula is C21H16N2O6. The van der Waals surface area contributed by atoms with Gasteiger partial charge in [-0.3, -0.25) is 14.9 Å². The normalized spacial score (nSPS) is 16.8. The first-order chi connectivity index (χ1) is 14.1. The second-order valence-electron chi connectivity index (χ2n) is 6.16. The van der Waals surface area contributed by atoms with Gasteiger partial charge in [-0.1, -0.05) is 24.8 Å². The summed E-state index contributed by atoms with van der Waals surface area (Å²) in [5.41, 5.74) is 0.708. The number of benzene rings is 2. The highest BCUT2D eigenvalue weighted by Crippen LogP contribution is 2.36. The standard InChI is InChI=1S/C21H16N2O6/c1-2-9-27-15-6-3-13(4-7-15)10-16-19(24)22-21(26)23(20(16)25)14-5-8-17-18(11-14)29-12-28-17/h2-8,10-11H,1,9,12H2,(H,22,24,26)/b16-10-. The molecule has 2 aliphatic rings. The van der Waals surface area contributed by atoms with Gasteiger partial charge in [0.1, 0.15) is 17.9 Å². The van der Waals surface area contributed by atoms with Crippen LogP contribution in [0.4, 0.5) is 10.5 Å². The lowest BCUT2D eigenvalue weighted by molar-refractivity contribution is -0.122. The van der Waals surface area contributed by atoms with Crippen molar-refractivity contribution in [3.05, 3.63) is 66.3 Å². The number of nitrogens with zero attached hydrogens (tertiary/aromatic N) is 1. The molecule has 8 heteroatoms. The molecule has 0 spiro atoms. The zero-order valence-electron chi connectivity index (χ0n) is 15.2. The fourth-order valence-electron chi connectivity index (χ4n) is 2.90. The third-order valence-corrected chi connectivity index (χ3v) is 4.27. The van der Waals surface area contributed by atoms with Crippen molar-refractivity contribution in [2.24, 2.45) is 0 Å². The zero-order valence-corrected chi connectivity index (χ0v) is 15.2. The predicted octanol–water partition coefficient (Wildman–Crippen LogP) is 2.65. The molecule has 4 amide bonds. The number of fused-ring (bicyclic) bond motifs is 1. The van der Waals surface area contributed by atoms with Crippen molar-refractivity contribution in [2.75, 3.05) is 18.3 Å². The van der Waals surface area contributed by atoms with E-state index in [1.54, 1.807) is 42.5 Å². The number of amides is 4. The van der Waals surface area contributed by atoms with Crippen molar-refractivity contribution in [1.29, 1.82) is 0 Å². The van der Waals surface area contributed by atoms with Gasteiger partial charge in [0.25, 0.3) is 11.8 Å². The quantitative estimate of drug-likeness (QED) is 0.478. The van der Waals surface area contributed by atoms with Crippen LogP contribution in [0.5, 0.6) is 17.2 Å². The third kappa shape index (κ3) is 3.55. The lowest BCUT2D eigenvalue weighted by Gasteiger charge is -2.26. The molecular weight excluding hydrogens is 376 g/mol. The Labute approximate surface area is 166 Å². The number of urea groups is 1. The zero-order chi connectivity index (χ0) is 20.4. The number of rotatable bonds is 5. The SMILES string of the molecule is C=CCOc1ccc(/C=C2/C(=O)NC(=O)N(c3ccc4c(c3)OCO4)C2=O)cc1. The first-order valence-corrected chi connectivity index (χ1v) is 8.71. The Morgan fingerprint density at radius 3 is 2.59 bits per heavy atom. The summed E-state index contributed by atoms with van der Waals surface area (Å²) in [6.45, 7) is 4.01. The highest BCUT2D eigenvalue weighted by atomic mass is 16.7. The minimum Gasteiger partial charge on any atom is -0.490 e. The summed E-state index contributed by atoms with van der Waals surface area (Å²) in [6.07, 6.45) is 3.05. The van der Waals surface area contributed by atoms with Crippen LogP contribution in [-0.2, 0) is 9.59 Å². The van der Waals surface area contributed by atoms with E-state index in [2.05, 4.69) is 11.9 Å². The van der Waals surface area contributed by atoms with Crippen LogP contribution in [0, 0.1) is 0 Å². The van der Waals surface area contributed by atoms with Gasteiger partial charge in [0.2, 0.25) is 6.79 Å². The average Bonchev–Trinajstić information content (AvgIpc) is 3.18. The van der Waals surface area contributed by atoms with Crippen molar-refractivity contribution in [3.63, 3.8) is 0 Å². The number of carbonyl (C=O) groups excluding carboxylic acids is 3.